The van der Waals surface area contributed by atoms with Gasteiger partial charge in [-0.3, -0.25) is 0 Å². The first-order chi connectivity index (χ1) is 13.2. The third kappa shape index (κ3) is 4.26. The molecule has 0 saturated heterocycles. The number of halogens is 2. The number of H-pyrrole nitrogens is 1. The van der Waals surface area contributed by atoms with E-state index in [1.807, 2.05) is 0 Å². The van der Waals surface area contributed by atoms with Crippen molar-refractivity contribution in [3.8, 4) is 5.75 Å². The first-order valence-electron chi connectivity index (χ1n) is 8.17. The molecule has 2 aromatic heterocycles. The van der Waals surface area contributed by atoms with Crippen LogP contribution in [0.1, 0.15) is 23.1 Å². The highest BCUT2D eigenvalue weighted by molar-refractivity contribution is 7.90. The molecule has 2 N–H and O–H groups in total. The summed E-state index contributed by atoms with van der Waals surface area (Å²) in [6, 6.07) is 7.01. The molecule has 0 aliphatic heterocycles. The lowest BCUT2D eigenvalue weighted by atomic mass is 10.1. The molecule has 10 heteroatoms. The Bertz CT molecular complexity index is 1100. The van der Waals surface area contributed by atoms with Gasteiger partial charge in [-0.05, 0) is 36.8 Å². The molecule has 0 spiro atoms. The van der Waals surface area contributed by atoms with E-state index in [9.17, 15) is 12.8 Å². The van der Waals surface area contributed by atoms with Crippen LogP contribution in [0.5, 0.6) is 5.75 Å². The summed E-state index contributed by atoms with van der Waals surface area (Å²) in [6.07, 6.45) is 2.62. The number of pyridine rings is 1. The fourth-order valence-corrected chi connectivity index (χ4v) is 3.76. The smallest absolute Gasteiger partial charge is 0.194 e. The molecular weight excluding hydrogens is 407 g/mol. The van der Waals surface area contributed by atoms with Gasteiger partial charge in [0, 0.05) is 6.26 Å². The van der Waals surface area contributed by atoms with Crippen LogP contribution in [0.25, 0.3) is 0 Å². The lowest BCUT2D eigenvalue weighted by Crippen LogP contribution is -2.15. The molecule has 1 aromatic carbocycles. The Balaban J connectivity index is 2.07. The van der Waals surface area contributed by atoms with E-state index in [1.165, 1.54) is 25.4 Å². The summed E-state index contributed by atoms with van der Waals surface area (Å²) in [5, 5.41) is 3.06. The second kappa shape index (κ2) is 7.76. The van der Waals surface area contributed by atoms with Crippen molar-refractivity contribution in [3.63, 3.8) is 0 Å². The average Bonchev–Trinajstić information content (AvgIpc) is 3.04. The first kappa shape index (κ1) is 20.1. The van der Waals surface area contributed by atoms with Crippen LogP contribution in [0, 0.1) is 12.7 Å². The summed E-state index contributed by atoms with van der Waals surface area (Å²) in [5.41, 5.74) is 0.984. The van der Waals surface area contributed by atoms with E-state index >= 15 is 0 Å². The zero-order chi connectivity index (χ0) is 20.5. The Labute approximate surface area is 166 Å². The number of nitrogens with zero attached hydrogens (tertiary/aromatic N) is 2. The predicted molar refractivity (Wildman–Crippen MR) is 104 cm³/mol. The van der Waals surface area contributed by atoms with Crippen molar-refractivity contribution in [3.05, 3.63) is 64.5 Å². The molecule has 3 rings (SSSR count). The molecule has 7 nitrogen and oxygen atoms in total. The van der Waals surface area contributed by atoms with Crippen molar-refractivity contribution < 1.29 is 17.5 Å². The second-order valence-electron chi connectivity index (χ2n) is 6.16. The van der Waals surface area contributed by atoms with Gasteiger partial charge in [-0.15, -0.1) is 0 Å². The summed E-state index contributed by atoms with van der Waals surface area (Å²) in [6.45, 7) is 1.62. The molecule has 0 radical (unpaired) electrons. The molecule has 0 amide bonds. The summed E-state index contributed by atoms with van der Waals surface area (Å²) in [4.78, 5) is 11.5. The highest BCUT2D eigenvalue weighted by Gasteiger charge is 2.24. The number of rotatable bonds is 6. The molecule has 2 heterocycles. The number of sulfone groups is 1. The highest BCUT2D eigenvalue weighted by atomic mass is 35.5. The van der Waals surface area contributed by atoms with Crippen molar-refractivity contribution in [1.82, 2.24) is 15.0 Å². The third-order valence-corrected chi connectivity index (χ3v) is 5.41. The minimum atomic E-state index is -3.51. The van der Waals surface area contributed by atoms with Gasteiger partial charge in [0.1, 0.15) is 29.3 Å². The van der Waals surface area contributed by atoms with Gasteiger partial charge >= 0.3 is 0 Å². The number of aromatic amines is 1. The number of nitrogens with one attached hydrogen (secondary N) is 2. The van der Waals surface area contributed by atoms with Gasteiger partial charge in [-0.2, -0.15) is 0 Å². The number of ether oxygens (including phenoxy) is 1. The van der Waals surface area contributed by atoms with Crippen LogP contribution < -0.4 is 10.1 Å². The maximum atomic E-state index is 13.6. The van der Waals surface area contributed by atoms with Crippen molar-refractivity contribution >= 4 is 27.3 Å². The van der Waals surface area contributed by atoms with Crippen LogP contribution in [0.4, 0.5) is 10.2 Å². The summed E-state index contributed by atoms with van der Waals surface area (Å²) >= 11 is 5.94. The van der Waals surface area contributed by atoms with E-state index in [0.29, 0.717) is 28.6 Å². The Hall–Kier alpha value is -2.65. The van der Waals surface area contributed by atoms with E-state index in [4.69, 9.17) is 16.3 Å². The number of hydrogen-bond donors (Lipinski definition) is 2. The van der Waals surface area contributed by atoms with Crippen LogP contribution in [-0.2, 0) is 9.84 Å². The number of aryl methyl sites for hydroxylation is 1. The van der Waals surface area contributed by atoms with E-state index < -0.39 is 21.7 Å². The zero-order valence-corrected chi connectivity index (χ0v) is 16.9. The predicted octanol–water partition coefficient (Wildman–Crippen LogP) is 3.52. The number of benzene rings is 1. The van der Waals surface area contributed by atoms with Gasteiger partial charge in [0.25, 0.3) is 0 Å². The van der Waals surface area contributed by atoms with Gasteiger partial charge in [0.15, 0.2) is 14.9 Å². The quantitative estimate of drug-likeness (QED) is 0.628. The molecule has 3 aromatic rings. The van der Waals surface area contributed by atoms with E-state index in [-0.39, 0.29) is 10.0 Å². The van der Waals surface area contributed by atoms with Crippen LogP contribution >= 0.6 is 11.6 Å². The SMILES string of the molecule is COc1ccc(N[C@@H](c2ccc(F)c(Cl)c2)c2nc(S(C)(=O)=O)c(C)[nH]2)nc1. The Kier molecular flexibility index (Phi) is 5.57. The Morgan fingerprint density at radius 2 is 2.04 bits per heavy atom. The summed E-state index contributed by atoms with van der Waals surface area (Å²) in [5.74, 6) is 0.846. The van der Waals surface area contributed by atoms with E-state index in [1.54, 1.807) is 25.1 Å². The lowest BCUT2D eigenvalue weighted by molar-refractivity contribution is 0.413. The van der Waals surface area contributed by atoms with Gasteiger partial charge in [0.05, 0.1) is 24.0 Å². The molecular formula is C18H18ClFN4O3S. The number of methoxy groups -OCH3 is 1. The van der Waals surface area contributed by atoms with Gasteiger partial charge in [-0.25, -0.2) is 22.8 Å². The maximum Gasteiger partial charge on any atom is 0.194 e. The first-order valence-corrected chi connectivity index (χ1v) is 10.4. The minimum absolute atomic E-state index is 0.0507. The Morgan fingerprint density at radius 3 is 2.57 bits per heavy atom. The van der Waals surface area contributed by atoms with Crippen LogP contribution in [-0.4, -0.2) is 36.7 Å². The van der Waals surface area contributed by atoms with Crippen molar-refractivity contribution in [1.29, 1.82) is 0 Å². The monoisotopic (exact) mass is 424 g/mol. The number of hydrogen-bond acceptors (Lipinski definition) is 6. The Morgan fingerprint density at radius 1 is 1.29 bits per heavy atom. The van der Waals surface area contributed by atoms with Crippen LogP contribution in [0.2, 0.25) is 5.02 Å². The zero-order valence-electron chi connectivity index (χ0n) is 15.3. The summed E-state index contributed by atoms with van der Waals surface area (Å²) in [7, 11) is -1.98. The number of anilines is 1. The molecule has 28 heavy (non-hydrogen) atoms. The molecule has 1 atom stereocenters. The van der Waals surface area contributed by atoms with Crippen molar-refractivity contribution in [2.75, 3.05) is 18.7 Å². The molecule has 0 saturated carbocycles. The third-order valence-electron chi connectivity index (χ3n) is 4.02. The molecule has 148 valence electrons. The highest BCUT2D eigenvalue weighted by Crippen LogP contribution is 2.29. The molecule has 0 aliphatic rings. The van der Waals surface area contributed by atoms with Gasteiger partial charge < -0.3 is 15.0 Å². The number of aromatic nitrogens is 3. The van der Waals surface area contributed by atoms with E-state index in [0.717, 1.165) is 6.26 Å². The fourth-order valence-electron chi connectivity index (χ4n) is 2.70. The summed E-state index contributed by atoms with van der Waals surface area (Å²) < 4.78 is 42.6. The van der Waals surface area contributed by atoms with Crippen LogP contribution in [0.3, 0.4) is 0 Å². The average molecular weight is 425 g/mol. The molecule has 0 unspecified atom stereocenters. The normalized spacial score (nSPS) is 12.6. The van der Waals surface area contributed by atoms with Gasteiger partial charge in [-0.1, -0.05) is 17.7 Å². The van der Waals surface area contributed by atoms with Gasteiger partial charge in [0.2, 0.25) is 0 Å². The topological polar surface area (TPSA) is 97.0 Å². The number of imidazole rings is 1. The van der Waals surface area contributed by atoms with Crippen molar-refractivity contribution in [2.24, 2.45) is 0 Å². The lowest BCUT2D eigenvalue weighted by Gasteiger charge is -2.18. The fraction of sp³-hybridized carbons (Fsp3) is 0.222. The van der Waals surface area contributed by atoms with Crippen LogP contribution in [0.15, 0.2) is 41.6 Å². The van der Waals surface area contributed by atoms with Crippen molar-refractivity contribution in [2.45, 2.75) is 18.0 Å². The standard InChI is InChI=1S/C18H18ClFN4O3S/c1-10-18(28(3,25)26)24-17(22-10)16(11-4-6-14(20)13(19)8-11)23-15-7-5-12(27-2)9-21-15/h4-9,16H,1-3H3,(H,21,23)(H,22,24)/t16-/m0/s1. The molecule has 0 aliphatic carbocycles. The minimum Gasteiger partial charge on any atom is -0.495 e. The second-order valence-corrected chi connectivity index (χ2v) is 8.50. The maximum absolute atomic E-state index is 13.6. The molecule has 0 fully saturated rings. The molecule has 0 bridgehead atoms. The van der Waals surface area contributed by atoms with E-state index in [2.05, 4.69) is 20.3 Å². The largest absolute Gasteiger partial charge is 0.495 e.